The Labute approximate surface area is 99.1 Å². The van der Waals surface area contributed by atoms with Gasteiger partial charge >= 0.3 is 0 Å². The van der Waals surface area contributed by atoms with Crippen molar-refractivity contribution in [3.63, 3.8) is 0 Å². The first-order valence-electron chi connectivity index (χ1n) is 5.59. The van der Waals surface area contributed by atoms with Crippen LogP contribution in [0, 0.1) is 11.6 Å². The van der Waals surface area contributed by atoms with Crippen LogP contribution in [0.25, 0.3) is 0 Å². The highest BCUT2D eigenvalue weighted by Crippen LogP contribution is 2.15. The number of unbranched alkanes of at least 4 members (excludes halogenated alkanes) is 1. The third kappa shape index (κ3) is 4.77. The molecule has 0 aromatic heterocycles. The van der Waals surface area contributed by atoms with Crippen molar-refractivity contribution in [2.45, 2.75) is 18.9 Å². The molecule has 1 aromatic carbocycles. The molecular formula is C12H17F2NO2. The number of halogens is 2. The molecule has 0 radical (unpaired) electrons. The van der Waals surface area contributed by atoms with Crippen molar-refractivity contribution < 1.29 is 19.0 Å². The summed E-state index contributed by atoms with van der Waals surface area (Å²) in [5.41, 5.74) is 0.346. The van der Waals surface area contributed by atoms with Gasteiger partial charge in [-0.05, 0) is 37.1 Å². The molecule has 0 bridgehead atoms. The van der Waals surface area contributed by atoms with E-state index < -0.39 is 17.7 Å². The van der Waals surface area contributed by atoms with E-state index in [4.69, 9.17) is 5.11 Å². The van der Waals surface area contributed by atoms with Gasteiger partial charge in [0, 0.05) is 13.2 Å². The van der Waals surface area contributed by atoms with Gasteiger partial charge in [-0.15, -0.1) is 0 Å². The number of aliphatic hydroxyl groups excluding tert-OH is 2. The summed E-state index contributed by atoms with van der Waals surface area (Å²) < 4.78 is 25.6. The Balaban J connectivity index is 2.36. The van der Waals surface area contributed by atoms with Crippen LogP contribution in [-0.2, 0) is 0 Å². The van der Waals surface area contributed by atoms with Crippen molar-refractivity contribution >= 4 is 0 Å². The summed E-state index contributed by atoms with van der Waals surface area (Å²) in [5.74, 6) is -1.88. The van der Waals surface area contributed by atoms with Gasteiger partial charge in [0.2, 0.25) is 0 Å². The summed E-state index contributed by atoms with van der Waals surface area (Å²) in [5, 5.41) is 21.2. The number of benzene rings is 1. The minimum absolute atomic E-state index is 0.146. The molecule has 3 nitrogen and oxygen atoms in total. The van der Waals surface area contributed by atoms with Crippen LogP contribution in [0.15, 0.2) is 18.2 Å². The molecular weight excluding hydrogens is 228 g/mol. The van der Waals surface area contributed by atoms with Crippen molar-refractivity contribution in [2.75, 3.05) is 19.7 Å². The summed E-state index contributed by atoms with van der Waals surface area (Å²) in [4.78, 5) is 0. The number of rotatable bonds is 7. The standard InChI is InChI=1S/C12H17F2NO2/c13-10-4-3-9(7-11(10)14)12(17)8-15-5-1-2-6-16/h3-4,7,12,15-17H,1-2,5-6,8H2. The summed E-state index contributed by atoms with van der Waals surface area (Å²) in [6.45, 7) is 1.09. The van der Waals surface area contributed by atoms with Crippen LogP contribution < -0.4 is 5.32 Å². The maximum Gasteiger partial charge on any atom is 0.159 e. The zero-order chi connectivity index (χ0) is 12.7. The molecule has 17 heavy (non-hydrogen) atoms. The van der Waals surface area contributed by atoms with Gasteiger partial charge in [0.15, 0.2) is 11.6 Å². The van der Waals surface area contributed by atoms with E-state index in [9.17, 15) is 13.9 Å². The predicted octanol–water partition coefficient (Wildman–Crippen LogP) is 1.36. The molecule has 0 spiro atoms. The molecule has 1 rings (SSSR count). The Morgan fingerprint density at radius 1 is 1.18 bits per heavy atom. The van der Waals surface area contributed by atoms with Crippen molar-refractivity contribution in [3.05, 3.63) is 35.4 Å². The van der Waals surface area contributed by atoms with Crippen LogP contribution in [0.2, 0.25) is 0 Å². The number of hydrogen-bond donors (Lipinski definition) is 3. The van der Waals surface area contributed by atoms with Gasteiger partial charge in [-0.1, -0.05) is 6.07 Å². The van der Waals surface area contributed by atoms with Gasteiger partial charge in [0.1, 0.15) is 0 Å². The molecule has 1 aromatic rings. The molecule has 0 aliphatic carbocycles. The zero-order valence-corrected chi connectivity index (χ0v) is 9.50. The van der Waals surface area contributed by atoms with E-state index in [1.54, 1.807) is 0 Å². The lowest BCUT2D eigenvalue weighted by atomic mass is 10.1. The number of aliphatic hydroxyl groups is 2. The topological polar surface area (TPSA) is 52.5 Å². The van der Waals surface area contributed by atoms with Gasteiger partial charge in [-0.25, -0.2) is 8.78 Å². The second kappa shape index (κ2) is 7.32. The SMILES string of the molecule is OCCCCNCC(O)c1ccc(F)c(F)c1. The van der Waals surface area contributed by atoms with Crippen LogP contribution in [0.4, 0.5) is 8.78 Å². The average Bonchev–Trinajstić information content (AvgIpc) is 2.32. The van der Waals surface area contributed by atoms with Gasteiger partial charge < -0.3 is 15.5 Å². The fraction of sp³-hybridized carbons (Fsp3) is 0.500. The summed E-state index contributed by atoms with van der Waals surface area (Å²) in [6, 6.07) is 3.35. The number of hydrogen-bond acceptors (Lipinski definition) is 3. The normalized spacial score (nSPS) is 12.7. The molecule has 1 atom stereocenters. The molecule has 0 aliphatic heterocycles. The highest BCUT2D eigenvalue weighted by molar-refractivity contribution is 5.20. The minimum Gasteiger partial charge on any atom is -0.396 e. The van der Waals surface area contributed by atoms with E-state index in [1.165, 1.54) is 6.07 Å². The van der Waals surface area contributed by atoms with E-state index in [-0.39, 0.29) is 13.2 Å². The third-order valence-electron chi connectivity index (χ3n) is 2.43. The Kier molecular flexibility index (Phi) is 6.04. The zero-order valence-electron chi connectivity index (χ0n) is 9.50. The van der Waals surface area contributed by atoms with Crippen molar-refractivity contribution in [3.8, 4) is 0 Å². The molecule has 1 unspecified atom stereocenters. The molecule has 5 heteroatoms. The predicted molar refractivity (Wildman–Crippen MR) is 60.5 cm³/mol. The molecule has 0 aliphatic rings. The summed E-state index contributed by atoms with van der Waals surface area (Å²) in [6.07, 6.45) is 0.647. The fourth-order valence-electron chi connectivity index (χ4n) is 1.44. The van der Waals surface area contributed by atoms with Crippen LogP contribution in [0.1, 0.15) is 24.5 Å². The fourth-order valence-corrected chi connectivity index (χ4v) is 1.44. The van der Waals surface area contributed by atoms with Crippen LogP contribution in [0.3, 0.4) is 0 Å². The maximum absolute atomic E-state index is 12.9. The molecule has 0 saturated carbocycles. The summed E-state index contributed by atoms with van der Waals surface area (Å²) >= 11 is 0. The van der Waals surface area contributed by atoms with E-state index >= 15 is 0 Å². The first-order valence-corrected chi connectivity index (χ1v) is 5.59. The van der Waals surface area contributed by atoms with Gasteiger partial charge in [-0.3, -0.25) is 0 Å². The lowest BCUT2D eigenvalue weighted by molar-refractivity contribution is 0.173. The average molecular weight is 245 g/mol. The Morgan fingerprint density at radius 3 is 2.59 bits per heavy atom. The summed E-state index contributed by atoms with van der Waals surface area (Å²) in [7, 11) is 0. The largest absolute Gasteiger partial charge is 0.396 e. The first-order chi connectivity index (χ1) is 8.15. The third-order valence-corrected chi connectivity index (χ3v) is 2.43. The minimum atomic E-state index is -0.957. The molecule has 96 valence electrons. The maximum atomic E-state index is 12.9. The highest BCUT2D eigenvalue weighted by Gasteiger charge is 2.10. The van der Waals surface area contributed by atoms with Crippen molar-refractivity contribution in [1.29, 1.82) is 0 Å². The van der Waals surface area contributed by atoms with E-state index in [2.05, 4.69) is 5.32 Å². The Morgan fingerprint density at radius 2 is 1.94 bits per heavy atom. The van der Waals surface area contributed by atoms with Gasteiger partial charge in [-0.2, -0.15) is 0 Å². The molecule has 0 heterocycles. The van der Waals surface area contributed by atoms with Gasteiger partial charge in [0.25, 0.3) is 0 Å². The Bertz CT molecular complexity index is 347. The van der Waals surface area contributed by atoms with E-state index in [1.807, 2.05) is 0 Å². The molecule has 0 saturated heterocycles. The Hall–Kier alpha value is -1.04. The van der Waals surface area contributed by atoms with Crippen LogP contribution in [-0.4, -0.2) is 29.9 Å². The quantitative estimate of drug-likeness (QED) is 0.636. The number of nitrogens with one attached hydrogen (secondary N) is 1. The van der Waals surface area contributed by atoms with Gasteiger partial charge in [0.05, 0.1) is 6.10 Å². The van der Waals surface area contributed by atoms with Crippen LogP contribution >= 0.6 is 0 Å². The van der Waals surface area contributed by atoms with Crippen LogP contribution in [0.5, 0.6) is 0 Å². The second-order valence-electron chi connectivity index (χ2n) is 3.82. The molecule has 3 N–H and O–H groups in total. The first kappa shape index (κ1) is 14.0. The second-order valence-corrected chi connectivity index (χ2v) is 3.82. The highest BCUT2D eigenvalue weighted by atomic mass is 19.2. The van der Waals surface area contributed by atoms with E-state index in [0.717, 1.165) is 18.6 Å². The smallest absolute Gasteiger partial charge is 0.159 e. The monoisotopic (exact) mass is 245 g/mol. The lowest BCUT2D eigenvalue weighted by Gasteiger charge is -2.12. The van der Waals surface area contributed by atoms with E-state index in [0.29, 0.717) is 18.5 Å². The molecule has 0 amide bonds. The molecule has 0 fully saturated rings. The van der Waals surface area contributed by atoms with Crippen molar-refractivity contribution in [1.82, 2.24) is 5.32 Å². The van der Waals surface area contributed by atoms with Crippen molar-refractivity contribution in [2.24, 2.45) is 0 Å². The lowest BCUT2D eigenvalue weighted by Crippen LogP contribution is -2.22.